The lowest BCUT2D eigenvalue weighted by Gasteiger charge is -2.34. The maximum Gasteiger partial charge on any atom is 0.235 e. The van der Waals surface area contributed by atoms with Crippen molar-refractivity contribution < 1.29 is 18.8 Å². The van der Waals surface area contributed by atoms with Crippen LogP contribution < -0.4 is 4.90 Å². The molecule has 1 aromatic carbocycles. The van der Waals surface area contributed by atoms with Crippen LogP contribution in [0, 0.1) is 11.7 Å². The highest BCUT2D eigenvalue weighted by Crippen LogP contribution is 2.36. The van der Waals surface area contributed by atoms with Crippen LogP contribution in [0.15, 0.2) is 47.1 Å². The summed E-state index contributed by atoms with van der Waals surface area (Å²) in [5.74, 6) is 1.45. The van der Waals surface area contributed by atoms with E-state index in [1.807, 2.05) is 12.1 Å². The lowest BCUT2D eigenvalue weighted by molar-refractivity contribution is -0.933. The fourth-order valence-corrected chi connectivity index (χ4v) is 5.41. The molecule has 1 unspecified atom stereocenters. The minimum atomic E-state index is -0.260. The number of nitrogens with zero attached hydrogens (tertiary/aromatic N) is 3. The molecule has 0 bridgehead atoms. The highest BCUT2D eigenvalue weighted by Gasteiger charge is 2.35. The number of fused-ring (bicyclic) bond motifs is 1. The molecule has 0 aliphatic carbocycles. The van der Waals surface area contributed by atoms with Crippen molar-refractivity contribution in [3.05, 3.63) is 58.9 Å². The van der Waals surface area contributed by atoms with Gasteiger partial charge < -0.3 is 14.4 Å². The standard InChI is InChI=1S/C21H21FN4O2S/c1-13-4-2-10-25(12-13)17(14-6-8-15(22)9-7-14)18-20(27)26-21(29-18)23-19(24-26)16-5-3-11-28-16/h3,5-9,11,13,17,27H,2,4,10,12H2,1H3/p+1/t13-,17+/m1/s1. The van der Waals surface area contributed by atoms with Crippen LogP contribution in [0.2, 0.25) is 0 Å². The van der Waals surface area contributed by atoms with Gasteiger partial charge >= 0.3 is 0 Å². The highest BCUT2D eigenvalue weighted by molar-refractivity contribution is 7.17. The Morgan fingerprint density at radius 3 is 2.83 bits per heavy atom. The number of aromatic hydroxyl groups is 1. The van der Waals surface area contributed by atoms with E-state index in [1.54, 1.807) is 18.4 Å². The van der Waals surface area contributed by atoms with Gasteiger partial charge in [0.25, 0.3) is 0 Å². The topological polar surface area (TPSA) is 68.0 Å². The normalized spacial score (nSPS) is 20.9. The Morgan fingerprint density at radius 1 is 1.31 bits per heavy atom. The molecule has 1 aliphatic rings. The van der Waals surface area contributed by atoms with E-state index in [1.165, 1.54) is 39.3 Å². The number of halogens is 1. The zero-order chi connectivity index (χ0) is 20.0. The van der Waals surface area contributed by atoms with Crippen molar-refractivity contribution >= 4 is 16.3 Å². The van der Waals surface area contributed by atoms with E-state index in [9.17, 15) is 9.50 Å². The lowest BCUT2D eigenvalue weighted by Crippen LogP contribution is -3.13. The molecule has 2 N–H and O–H groups in total. The van der Waals surface area contributed by atoms with Crippen molar-refractivity contribution in [1.82, 2.24) is 14.6 Å². The van der Waals surface area contributed by atoms with Gasteiger partial charge in [-0.1, -0.05) is 18.3 Å². The van der Waals surface area contributed by atoms with Crippen LogP contribution in [0.3, 0.4) is 0 Å². The highest BCUT2D eigenvalue weighted by atomic mass is 32.1. The van der Waals surface area contributed by atoms with E-state index in [-0.39, 0.29) is 17.7 Å². The summed E-state index contributed by atoms with van der Waals surface area (Å²) >= 11 is 1.43. The van der Waals surface area contributed by atoms with Crippen LogP contribution in [0.25, 0.3) is 16.5 Å². The maximum absolute atomic E-state index is 13.5. The van der Waals surface area contributed by atoms with Gasteiger partial charge in [-0.2, -0.15) is 9.50 Å². The fraction of sp³-hybridized carbons (Fsp3) is 0.333. The maximum atomic E-state index is 13.5. The molecular formula is C21H22FN4O2S+. The molecule has 29 heavy (non-hydrogen) atoms. The van der Waals surface area contributed by atoms with Crippen LogP contribution in [-0.2, 0) is 0 Å². The van der Waals surface area contributed by atoms with Gasteiger partial charge in [-0.15, -0.1) is 5.10 Å². The fourth-order valence-electron chi connectivity index (χ4n) is 4.27. The van der Waals surface area contributed by atoms with Gasteiger partial charge in [-0.05, 0) is 49.2 Å². The first-order valence-electron chi connectivity index (χ1n) is 9.82. The van der Waals surface area contributed by atoms with Crippen LogP contribution in [0.1, 0.15) is 36.2 Å². The lowest BCUT2D eigenvalue weighted by atomic mass is 9.95. The Balaban J connectivity index is 1.59. The summed E-state index contributed by atoms with van der Waals surface area (Å²) in [6.07, 6.45) is 3.92. The number of likely N-dealkylation sites (tertiary alicyclic amines) is 1. The molecule has 0 amide bonds. The number of thiazole rings is 1. The summed E-state index contributed by atoms with van der Waals surface area (Å²) in [6.45, 7) is 4.28. The predicted octanol–water partition coefficient (Wildman–Crippen LogP) is 3.30. The zero-order valence-corrected chi connectivity index (χ0v) is 16.8. The van der Waals surface area contributed by atoms with Crippen molar-refractivity contribution in [1.29, 1.82) is 0 Å². The Hall–Kier alpha value is -2.71. The number of quaternary nitrogens is 1. The summed E-state index contributed by atoms with van der Waals surface area (Å²) in [4.78, 5) is 7.33. The van der Waals surface area contributed by atoms with Crippen molar-refractivity contribution in [2.24, 2.45) is 5.92 Å². The minimum Gasteiger partial charge on any atom is -0.492 e. The van der Waals surface area contributed by atoms with E-state index >= 15 is 0 Å². The molecule has 4 aromatic rings. The quantitative estimate of drug-likeness (QED) is 0.539. The van der Waals surface area contributed by atoms with Gasteiger partial charge in [0.1, 0.15) is 10.7 Å². The number of rotatable bonds is 4. The second-order valence-corrected chi connectivity index (χ2v) is 8.75. The zero-order valence-electron chi connectivity index (χ0n) is 16.0. The van der Waals surface area contributed by atoms with Crippen molar-refractivity contribution in [3.63, 3.8) is 0 Å². The number of aromatic nitrogens is 3. The van der Waals surface area contributed by atoms with Crippen LogP contribution in [0.5, 0.6) is 5.88 Å². The van der Waals surface area contributed by atoms with Gasteiger partial charge in [0, 0.05) is 11.5 Å². The molecule has 5 rings (SSSR count). The number of nitrogens with one attached hydrogen (secondary N) is 1. The van der Waals surface area contributed by atoms with E-state index in [0.29, 0.717) is 22.5 Å². The first kappa shape index (κ1) is 18.3. The average Bonchev–Trinajstić information content (AvgIpc) is 3.43. The molecule has 150 valence electrons. The first-order valence-corrected chi connectivity index (χ1v) is 10.6. The number of hydrogen-bond acceptors (Lipinski definition) is 5. The predicted molar refractivity (Wildman–Crippen MR) is 108 cm³/mol. The number of furan rings is 1. The molecule has 0 radical (unpaired) electrons. The Bertz CT molecular complexity index is 1120. The molecule has 1 aliphatic heterocycles. The molecule has 8 heteroatoms. The molecule has 0 spiro atoms. The van der Waals surface area contributed by atoms with Crippen molar-refractivity contribution in [2.45, 2.75) is 25.8 Å². The van der Waals surface area contributed by atoms with Crippen LogP contribution in [-0.4, -0.2) is 32.8 Å². The molecule has 4 heterocycles. The van der Waals surface area contributed by atoms with E-state index in [4.69, 9.17) is 4.42 Å². The molecule has 3 aromatic heterocycles. The Kier molecular flexibility index (Phi) is 4.60. The Morgan fingerprint density at radius 2 is 2.14 bits per heavy atom. The summed E-state index contributed by atoms with van der Waals surface area (Å²) in [6, 6.07) is 10.1. The second-order valence-electron chi connectivity index (χ2n) is 7.74. The third-order valence-corrected chi connectivity index (χ3v) is 6.71. The van der Waals surface area contributed by atoms with Crippen molar-refractivity contribution in [3.8, 4) is 17.5 Å². The Labute approximate surface area is 171 Å². The summed E-state index contributed by atoms with van der Waals surface area (Å²) in [7, 11) is 0. The number of benzene rings is 1. The summed E-state index contributed by atoms with van der Waals surface area (Å²) in [5, 5.41) is 15.5. The van der Waals surface area contributed by atoms with Gasteiger partial charge in [-0.25, -0.2) is 4.39 Å². The van der Waals surface area contributed by atoms with Gasteiger partial charge in [0.15, 0.2) is 11.8 Å². The van der Waals surface area contributed by atoms with E-state index in [2.05, 4.69) is 17.0 Å². The molecule has 1 fully saturated rings. The molecule has 0 saturated carbocycles. The third kappa shape index (κ3) is 3.32. The number of hydrogen-bond donors (Lipinski definition) is 2. The van der Waals surface area contributed by atoms with Gasteiger partial charge in [-0.3, -0.25) is 0 Å². The largest absolute Gasteiger partial charge is 0.492 e. The van der Waals surface area contributed by atoms with Crippen LogP contribution in [0.4, 0.5) is 4.39 Å². The molecule has 6 nitrogen and oxygen atoms in total. The number of piperidine rings is 1. The van der Waals surface area contributed by atoms with Gasteiger partial charge in [0.2, 0.25) is 16.7 Å². The summed E-state index contributed by atoms with van der Waals surface area (Å²) in [5.41, 5.74) is 0.988. The molecule has 3 atom stereocenters. The minimum absolute atomic E-state index is 0.0843. The molecule has 1 saturated heterocycles. The van der Waals surface area contributed by atoms with Gasteiger partial charge in [0.05, 0.1) is 19.4 Å². The third-order valence-electron chi connectivity index (χ3n) is 5.62. The van der Waals surface area contributed by atoms with Crippen molar-refractivity contribution in [2.75, 3.05) is 13.1 Å². The molecular weight excluding hydrogens is 391 g/mol. The van der Waals surface area contributed by atoms with E-state index < -0.39 is 0 Å². The smallest absolute Gasteiger partial charge is 0.235 e. The monoisotopic (exact) mass is 413 g/mol. The van der Waals surface area contributed by atoms with Crippen LogP contribution >= 0.6 is 11.3 Å². The average molecular weight is 413 g/mol. The first-order chi connectivity index (χ1) is 14.1. The van der Waals surface area contributed by atoms with E-state index in [0.717, 1.165) is 30.0 Å². The second kappa shape index (κ2) is 7.27. The SMILES string of the molecule is C[C@@H]1CCC[NH+]([C@@H](c2ccc(F)cc2)c2sc3nc(-c4ccco4)nn3c2O)C1. The summed E-state index contributed by atoms with van der Waals surface area (Å²) < 4.78 is 20.4.